The number of hydrogen-bond donors (Lipinski definition) is 0. The normalized spacial score (nSPS) is 10.4. The smallest absolute Gasteiger partial charge is 0.258 e. The lowest BCUT2D eigenvalue weighted by Gasteiger charge is -1.94. The summed E-state index contributed by atoms with van der Waals surface area (Å²) in [6, 6.07) is 10.3. The van der Waals surface area contributed by atoms with Gasteiger partial charge in [-0.2, -0.15) is 10.2 Å². The van der Waals surface area contributed by atoms with Crippen molar-refractivity contribution in [3.05, 3.63) is 62.6 Å². The van der Waals surface area contributed by atoms with Gasteiger partial charge in [-0.1, -0.05) is 17.7 Å². The molecule has 0 saturated heterocycles. The molecule has 0 bridgehead atoms. The van der Waals surface area contributed by atoms with E-state index in [-0.39, 0.29) is 16.4 Å². The van der Waals surface area contributed by atoms with Gasteiger partial charge >= 0.3 is 5.69 Å². The van der Waals surface area contributed by atoms with Gasteiger partial charge in [0.25, 0.3) is 5.69 Å². The van der Waals surface area contributed by atoms with E-state index in [0.29, 0.717) is 11.4 Å². The van der Waals surface area contributed by atoms with Gasteiger partial charge in [-0.25, -0.2) is 0 Å². The third-order valence-electron chi connectivity index (χ3n) is 2.36. The summed E-state index contributed by atoms with van der Waals surface area (Å²) in [7, 11) is 0. The summed E-state index contributed by atoms with van der Waals surface area (Å²) in [5.74, 6) is 0. The van der Waals surface area contributed by atoms with E-state index in [1.165, 1.54) is 30.3 Å². The molecular formula is C12H7ClN5O2+. The highest BCUT2D eigenvalue weighted by atomic mass is 35.5. The minimum atomic E-state index is -0.507. The lowest BCUT2D eigenvalue weighted by Crippen LogP contribution is -1.85. The summed E-state index contributed by atoms with van der Waals surface area (Å²) < 4.78 is 0. The Kier molecular flexibility index (Phi) is 3.98. The summed E-state index contributed by atoms with van der Waals surface area (Å²) in [5, 5.41) is 27.3. The minimum absolute atomic E-state index is 0.0612. The summed E-state index contributed by atoms with van der Waals surface area (Å²) in [6.07, 6.45) is 0. The van der Waals surface area contributed by atoms with Crippen LogP contribution in [0.5, 0.6) is 0 Å². The van der Waals surface area contributed by atoms with E-state index in [9.17, 15) is 10.1 Å². The Balaban J connectivity index is 2.25. The van der Waals surface area contributed by atoms with E-state index in [4.69, 9.17) is 17.0 Å². The number of non-ortho nitro benzene ring substituents is 1. The molecule has 98 valence electrons. The number of hydrogen-bond acceptors (Lipinski definition) is 5. The molecule has 2 aromatic carbocycles. The quantitative estimate of drug-likeness (QED) is 0.338. The zero-order valence-electron chi connectivity index (χ0n) is 9.97. The molecule has 0 aliphatic rings. The molecule has 0 unspecified atom stereocenters. The molecule has 0 saturated carbocycles. The Hall–Kier alpha value is -2.85. The van der Waals surface area contributed by atoms with Gasteiger partial charge in [0.15, 0.2) is 4.98 Å². The molecule has 8 heteroatoms. The molecule has 0 heterocycles. The number of nitro benzene ring substituents is 1. The predicted molar refractivity (Wildman–Crippen MR) is 73.5 cm³/mol. The second kappa shape index (κ2) is 5.86. The standard InChI is InChI=1S/C12H7ClN5O2/c13-11-7-9(4-5-12(11)15-14)17-16-8-2-1-3-10(6-8)18(19)20/h1-7H/q+1. The van der Waals surface area contributed by atoms with Crippen molar-refractivity contribution in [1.29, 1.82) is 5.39 Å². The van der Waals surface area contributed by atoms with Crippen LogP contribution in [0.25, 0.3) is 4.98 Å². The molecule has 0 aliphatic carbocycles. The van der Waals surface area contributed by atoms with Gasteiger partial charge in [0.1, 0.15) is 5.02 Å². The fourth-order valence-corrected chi connectivity index (χ4v) is 1.64. The van der Waals surface area contributed by atoms with Crippen molar-refractivity contribution >= 4 is 34.4 Å². The van der Waals surface area contributed by atoms with Gasteiger partial charge in [-0.05, 0) is 18.2 Å². The van der Waals surface area contributed by atoms with E-state index < -0.39 is 4.92 Å². The molecule has 20 heavy (non-hydrogen) atoms. The molecule has 0 aliphatic heterocycles. The summed E-state index contributed by atoms with van der Waals surface area (Å²) >= 11 is 5.83. The lowest BCUT2D eigenvalue weighted by atomic mass is 10.3. The average molecular weight is 289 g/mol. The van der Waals surface area contributed by atoms with Crippen LogP contribution in [0, 0.1) is 15.5 Å². The van der Waals surface area contributed by atoms with E-state index in [0.717, 1.165) is 0 Å². The van der Waals surface area contributed by atoms with Crippen molar-refractivity contribution < 1.29 is 4.92 Å². The van der Waals surface area contributed by atoms with Gasteiger partial charge in [-0.3, -0.25) is 10.1 Å². The second-order valence-corrected chi connectivity index (χ2v) is 4.12. The van der Waals surface area contributed by atoms with Crippen LogP contribution in [-0.2, 0) is 0 Å². The highest BCUT2D eigenvalue weighted by Crippen LogP contribution is 2.30. The highest BCUT2D eigenvalue weighted by molar-refractivity contribution is 6.33. The third kappa shape index (κ3) is 3.13. The van der Waals surface area contributed by atoms with E-state index >= 15 is 0 Å². The first-order chi connectivity index (χ1) is 9.60. The second-order valence-electron chi connectivity index (χ2n) is 3.71. The Morgan fingerprint density at radius 1 is 1.15 bits per heavy atom. The van der Waals surface area contributed by atoms with Crippen molar-refractivity contribution in [3.63, 3.8) is 0 Å². The number of nitro groups is 1. The Morgan fingerprint density at radius 3 is 2.45 bits per heavy atom. The maximum absolute atomic E-state index is 10.6. The molecule has 0 spiro atoms. The number of rotatable bonds is 3. The Bertz CT molecular complexity index is 739. The van der Waals surface area contributed by atoms with E-state index in [1.54, 1.807) is 12.1 Å². The molecular weight excluding hydrogens is 282 g/mol. The summed E-state index contributed by atoms with van der Waals surface area (Å²) in [4.78, 5) is 13.1. The summed E-state index contributed by atoms with van der Waals surface area (Å²) in [6.45, 7) is 0. The first-order valence-electron chi connectivity index (χ1n) is 5.41. The molecule has 0 aromatic heterocycles. The molecule has 0 N–H and O–H groups in total. The van der Waals surface area contributed by atoms with E-state index in [1.807, 2.05) is 0 Å². The molecule has 0 amide bonds. The van der Waals surface area contributed by atoms with Crippen LogP contribution in [0.1, 0.15) is 0 Å². The molecule has 2 rings (SSSR count). The Morgan fingerprint density at radius 2 is 1.85 bits per heavy atom. The number of azo groups is 1. The number of nitrogens with zero attached hydrogens (tertiary/aromatic N) is 5. The van der Waals surface area contributed by atoms with Crippen molar-refractivity contribution in [2.45, 2.75) is 0 Å². The van der Waals surface area contributed by atoms with Crippen LogP contribution in [0.2, 0.25) is 5.02 Å². The third-order valence-corrected chi connectivity index (χ3v) is 2.66. The van der Waals surface area contributed by atoms with Crippen LogP contribution in [0.15, 0.2) is 52.7 Å². The summed E-state index contributed by atoms with van der Waals surface area (Å²) in [5.41, 5.74) is 0.954. The van der Waals surface area contributed by atoms with Crippen LogP contribution < -0.4 is 0 Å². The first-order valence-corrected chi connectivity index (χ1v) is 5.79. The van der Waals surface area contributed by atoms with Crippen LogP contribution in [-0.4, -0.2) is 4.92 Å². The van der Waals surface area contributed by atoms with Gasteiger partial charge < -0.3 is 0 Å². The van der Waals surface area contributed by atoms with Crippen molar-refractivity contribution in [2.24, 2.45) is 10.2 Å². The molecule has 0 radical (unpaired) electrons. The zero-order chi connectivity index (χ0) is 14.5. The molecule has 0 fully saturated rings. The topological polar surface area (TPSA) is 96.0 Å². The Labute approximate surface area is 118 Å². The maximum Gasteiger partial charge on any atom is 0.403 e. The number of benzene rings is 2. The number of halogens is 1. The van der Waals surface area contributed by atoms with E-state index in [2.05, 4.69) is 15.2 Å². The molecule has 2 aromatic rings. The maximum atomic E-state index is 10.6. The zero-order valence-corrected chi connectivity index (χ0v) is 10.7. The van der Waals surface area contributed by atoms with Crippen LogP contribution in [0.4, 0.5) is 22.7 Å². The highest BCUT2D eigenvalue weighted by Gasteiger charge is 2.11. The monoisotopic (exact) mass is 288 g/mol. The fraction of sp³-hybridized carbons (Fsp3) is 0. The van der Waals surface area contributed by atoms with Crippen LogP contribution >= 0.6 is 11.6 Å². The van der Waals surface area contributed by atoms with Crippen LogP contribution in [0.3, 0.4) is 0 Å². The van der Waals surface area contributed by atoms with Crippen molar-refractivity contribution in [2.75, 3.05) is 0 Å². The fourth-order valence-electron chi connectivity index (χ4n) is 1.42. The first kappa shape index (κ1) is 13.6. The molecule has 7 nitrogen and oxygen atoms in total. The van der Waals surface area contributed by atoms with Crippen molar-refractivity contribution in [3.8, 4) is 0 Å². The van der Waals surface area contributed by atoms with Gasteiger partial charge in [0.2, 0.25) is 5.39 Å². The van der Waals surface area contributed by atoms with Gasteiger partial charge in [0.05, 0.1) is 16.3 Å². The van der Waals surface area contributed by atoms with Crippen molar-refractivity contribution in [1.82, 2.24) is 0 Å². The molecule has 0 atom stereocenters. The van der Waals surface area contributed by atoms with Gasteiger partial charge in [0, 0.05) is 18.2 Å². The largest absolute Gasteiger partial charge is 0.403 e. The number of diazo groups is 1. The van der Waals surface area contributed by atoms with Gasteiger partial charge in [-0.15, -0.1) is 0 Å². The average Bonchev–Trinajstić information content (AvgIpc) is 2.45. The predicted octanol–water partition coefficient (Wildman–Crippen LogP) is 5.15. The lowest BCUT2D eigenvalue weighted by molar-refractivity contribution is -0.384. The SMILES string of the molecule is N#[N+]c1ccc(N=Nc2cccc([N+](=O)[O-])c2)cc1Cl. The minimum Gasteiger partial charge on any atom is -0.258 e.